The minimum Gasteiger partial charge on any atom is -0.356 e. The SMILES string of the molecule is CCCNC(=NCC(=O)N(C)C)N1CCCCC1. The number of nitrogens with one attached hydrogen (secondary N) is 1. The van der Waals surface area contributed by atoms with Crippen LogP contribution in [0.2, 0.25) is 0 Å². The highest BCUT2D eigenvalue weighted by atomic mass is 16.2. The van der Waals surface area contributed by atoms with Crippen molar-refractivity contribution < 1.29 is 4.79 Å². The molecule has 5 nitrogen and oxygen atoms in total. The van der Waals surface area contributed by atoms with Crippen molar-refractivity contribution >= 4 is 11.9 Å². The number of hydrogen-bond donors (Lipinski definition) is 1. The van der Waals surface area contributed by atoms with Gasteiger partial charge in [-0.15, -0.1) is 0 Å². The normalized spacial score (nSPS) is 16.6. The maximum Gasteiger partial charge on any atom is 0.243 e. The Morgan fingerprint density at radius 2 is 1.94 bits per heavy atom. The van der Waals surface area contributed by atoms with Gasteiger partial charge in [-0.05, 0) is 25.7 Å². The average Bonchev–Trinajstić information content (AvgIpc) is 2.39. The predicted molar refractivity (Wildman–Crippen MR) is 74.7 cm³/mol. The van der Waals surface area contributed by atoms with Crippen molar-refractivity contribution in [2.45, 2.75) is 32.6 Å². The zero-order chi connectivity index (χ0) is 13.4. The van der Waals surface area contributed by atoms with Gasteiger partial charge in [-0.3, -0.25) is 4.79 Å². The first-order valence-electron chi connectivity index (χ1n) is 6.88. The Labute approximate surface area is 110 Å². The van der Waals surface area contributed by atoms with Crippen molar-refractivity contribution in [3.05, 3.63) is 0 Å². The second-order valence-electron chi connectivity index (χ2n) is 4.90. The topological polar surface area (TPSA) is 47.9 Å². The highest BCUT2D eigenvalue weighted by Gasteiger charge is 2.14. The molecule has 0 saturated carbocycles. The Morgan fingerprint density at radius 1 is 1.28 bits per heavy atom. The van der Waals surface area contributed by atoms with Crippen molar-refractivity contribution in [2.24, 2.45) is 4.99 Å². The van der Waals surface area contributed by atoms with E-state index in [0.29, 0.717) is 0 Å². The van der Waals surface area contributed by atoms with E-state index < -0.39 is 0 Å². The molecule has 0 aromatic heterocycles. The molecule has 0 aliphatic carbocycles. The van der Waals surface area contributed by atoms with Gasteiger partial charge in [0.25, 0.3) is 0 Å². The van der Waals surface area contributed by atoms with E-state index >= 15 is 0 Å². The molecule has 0 bridgehead atoms. The Balaban J connectivity index is 2.57. The monoisotopic (exact) mass is 254 g/mol. The fraction of sp³-hybridized carbons (Fsp3) is 0.846. The van der Waals surface area contributed by atoms with E-state index in [1.54, 1.807) is 19.0 Å². The molecule has 104 valence electrons. The minimum absolute atomic E-state index is 0.0443. The van der Waals surface area contributed by atoms with Gasteiger partial charge in [0.15, 0.2) is 5.96 Å². The number of carbonyl (C=O) groups is 1. The van der Waals surface area contributed by atoms with E-state index in [-0.39, 0.29) is 12.5 Å². The maximum absolute atomic E-state index is 11.6. The maximum atomic E-state index is 11.6. The van der Waals surface area contributed by atoms with E-state index in [1.165, 1.54) is 19.3 Å². The Kier molecular flexibility index (Phi) is 6.54. The first-order chi connectivity index (χ1) is 8.65. The Hall–Kier alpha value is -1.26. The van der Waals surface area contributed by atoms with Gasteiger partial charge < -0.3 is 15.1 Å². The molecule has 1 saturated heterocycles. The van der Waals surface area contributed by atoms with Gasteiger partial charge in [0.2, 0.25) is 5.91 Å². The average molecular weight is 254 g/mol. The number of piperidine rings is 1. The first kappa shape index (κ1) is 14.8. The van der Waals surface area contributed by atoms with Crippen LogP contribution in [0, 0.1) is 0 Å². The summed E-state index contributed by atoms with van der Waals surface area (Å²) in [5.74, 6) is 0.939. The summed E-state index contributed by atoms with van der Waals surface area (Å²) >= 11 is 0. The van der Waals surface area contributed by atoms with Crippen LogP contribution in [0.3, 0.4) is 0 Å². The number of aliphatic imine (C=N–C) groups is 1. The molecular formula is C13H26N4O. The molecule has 1 heterocycles. The molecule has 0 spiro atoms. The molecule has 0 unspecified atom stereocenters. The third-order valence-electron chi connectivity index (χ3n) is 3.05. The number of carbonyl (C=O) groups excluding carboxylic acids is 1. The van der Waals surface area contributed by atoms with Crippen molar-refractivity contribution in [3.8, 4) is 0 Å². The van der Waals surface area contributed by atoms with Gasteiger partial charge in [-0.1, -0.05) is 6.92 Å². The van der Waals surface area contributed by atoms with E-state index in [4.69, 9.17) is 0 Å². The van der Waals surface area contributed by atoms with Crippen molar-refractivity contribution in [2.75, 3.05) is 40.3 Å². The number of likely N-dealkylation sites (tertiary alicyclic amines) is 1. The highest BCUT2D eigenvalue weighted by Crippen LogP contribution is 2.08. The lowest BCUT2D eigenvalue weighted by Gasteiger charge is -2.30. The van der Waals surface area contributed by atoms with Crippen LogP contribution in [0.5, 0.6) is 0 Å². The second kappa shape index (κ2) is 7.95. The molecule has 1 rings (SSSR count). The summed E-state index contributed by atoms with van der Waals surface area (Å²) in [5.41, 5.74) is 0. The summed E-state index contributed by atoms with van der Waals surface area (Å²) in [6, 6.07) is 0. The van der Waals surface area contributed by atoms with Gasteiger partial charge in [-0.2, -0.15) is 0 Å². The number of hydrogen-bond acceptors (Lipinski definition) is 2. The van der Waals surface area contributed by atoms with Crippen molar-refractivity contribution in [1.82, 2.24) is 15.1 Å². The van der Waals surface area contributed by atoms with Crippen LogP contribution in [0.4, 0.5) is 0 Å². The number of guanidine groups is 1. The van der Waals surface area contributed by atoms with Crippen LogP contribution in [0.25, 0.3) is 0 Å². The summed E-state index contributed by atoms with van der Waals surface area (Å²) in [4.78, 5) is 19.9. The molecule has 0 atom stereocenters. The number of likely N-dealkylation sites (N-methyl/N-ethyl adjacent to an activating group) is 1. The second-order valence-corrected chi connectivity index (χ2v) is 4.90. The summed E-state index contributed by atoms with van der Waals surface area (Å²) in [7, 11) is 3.52. The van der Waals surface area contributed by atoms with Gasteiger partial charge in [0.1, 0.15) is 6.54 Å². The Bertz CT molecular complexity index is 283. The quantitative estimate of drug-likeness (QED) is 0.599. The lowest BCUT2D eigenvalue weighted by molar-refractivity contribution is -0.127. The summed E-state index contributed by atoms with van der Waals surface area (Å²) in [6.07, 6.45) is 4.80. The third kappa shape index (κ3) is 4.94. The fourth-order valence-electron chi connectivity index (χ4n) is 1.89. The van der Waals surface area contributed by atoms with Gasteiger partial charge in [0, 0.05) is 33.7 Å². The Morgan fingerprint density at radius 3 is 2.50 bits per heavy atom. The molecule has 1 N–H and O–H groups in total. The zero-order valence-electron chi connectivity index (χ0n) is 11.9. The van der Waals surface area contributed by atoms with Gasteiger partial charge in [0.05, 0.1) is 0 Å². The van der Waals surface area contributed by atoms with Crippen LogP contribution in [0.1, 0.15) is 32.6 Å². The smallest absolute Gasteiger partial charge is 0.243 e. The van der Waals surface area contributed by atoms with Crippen molar-refractivity contribution in [3.63, 3.8) is 0 Å². The number of rotatable bonds is 4. The van der Waals surface area contributed by atoms with E-state index in [2.05, 4.69) is 22.1 Å². The largest absolute Gasteiger partial charge is 0.356 e. The molecule has 1 amide bonds. The van der Waals surface area contributed by atoms with Crippen LogP contribution in [-0.4, -0.2) is 61.9 Å². The molecule has 1 aliphatic rings. The van der Waals surface area contributed by atoms with E-state index in [9.17, 15) is 4.79 Å². The van der Waals surface area contributed by atoms with Gasteiger partial charge >= 0.3 is 0 Å². The highest BCUT2D eigenvalue weighted by molar-refractivity contribution is 5.84. The molecule has 0 radical (unpaired) electrons. The third-order valence-corrected chi connectivity index (χ3v) is 3.05. The molecule has 0 aromatic rings. The molecule has 5 heteroatoms. The van der Waals surface area contributed by atoms with Crippen molar-refractivity contribution in [1.29, 1.82) is 0 Å². The molecule has 1 aliphatic heterocycles. The van der Waals surface area contributed by atoms with Gasteiger partial charge in [-0.25, -0.2) is 4.99 Å². The molecule has 18 heavy (non-hydrogen) atoms. The summed E-state index contributed by atoms with van der Waals surface area (Å²) in [6.45, 7) is 5.37. The van der Waals surface area contributed by atoms with Crippen LogP contribution >= 0.6 is 0 Å². The van der Waals surface area contributed by atoms with E-state index in [0.717, 1.165) is 32.0 Å². The molecule has 1 fully saturated rings. The lowest BCUT2D eigenvalue weighted by Crippen LogP contribution is -2.45. The summed E-state index contributed by atoms with van der Waals surface area (Å²) < 4.78 is 0. The zero-order valence-corrected chi connectivity index (χ0v) is 11.9. The molecular weight excluding hydrogens is 228 g/mol. The standard InChI is InChI=1S/C13H26N4O/c1-4-8-14-13(15-11-12(18)16(2)3)17-9-6-5-7-10-17/h4-11H2,1-3H3,(H,14,15). The van der Waals surface area contributed by atoms with Crippen LogP contribution < -0.4 is 5.32 Å². The minimum atomic E-state index is 0.0443. The molecule has 0 aromatic carbocycles. The fourth-order valence-corrected chi connectivity index (χ4v) is 1.89. The predicted octanol–water partition coefficient (Wildman–Crippen LogP) is 0.916. The number of amides is 1. The van der Waals surface area contributed by atoms with Crippen LogP contribution in [-0.2, 0) is 4.79 Å². The number of nitrogens with zero attached hydrogens (tertiary/aromatic N) is 3. The van der Waals surface area contributed by atoms with E-state index in [1.807, 2.05) is 0 Å². The van der Waals surface area contributed by atoms with Crippen LogP contribution in [0.15, 0.2) is 4.99 Å². The lowest BCUT2D eigenvalue weighted by atomic mass is 10.1. The summed E-state index contributed by atoms with van der Waals surface area (Å²) in [5, 5.41) is 3.34. The first-order valence-corrected chi connectivity index (χ1v) is 6.88.